The highest BCUT2D eigenvalue weighted by Crippen LogP contribution is 2.47. The Morgan fingerprint density at radius 2 is 1.26 bits per heavy atom. The van der Waals surface area contributed by atoms with Crippen LogP contribution in [0.5, 0.6) is 0 Å². The molecule has 0 aliphatic carbocycles. The Morgan fingerprint density at radius 1 is 0.667 bits per heavy atom. The molecular formula is C23H18N2O2. The average molecular weight is 354 g/mol. The highest BCUT2D eigenvalue weighted by molar-refractivity contribution is 6.24. The third kappa shape index (κ3) is 2.37. The summed E-state index contributed by atoms with van der Waals surface area (Å²) in [5.74, 6) is -1.05. The van der Waals surface area contributed by atoms with Gasteiger partial charge in [-0.1, -0.05) is 54.6 Å². The fourth-order valence-electron chi connectivity index (χ4n) is 4.24. The van der Waals surface area contributed by atoms with Gasteiger partial charge in [-0.3, -0.25) is 9.59 Å². The molecule has 0 N–H and O–H groups in total. The zero-order chi connectivity index (χ0) is 18.4. The molecule has 5 rings (SSSR count). The molecule has 2 aliphatic heterocycles. The Hall–Kier alpha value is -3.40. The van der Waals surface area contributed by atoms with E-state index in [9.17, 15) is 9.59 Å². The summed E-state index contributed by atoms with van der Waals surface area (Å²) in [4.78, 5) is 30.0. The monoisotopic (exact) mass is 354 g/mol. The van der Waals surface area contributed by atoms with Crippen molar-refractivity contribution in [2.24, 2.45) is 5.92 Å². The minimum absolute atomic E-state index is 0.119. The van der Waals surface area contributed by atoms with Gasteiger partial charge < -0.3 is 4.90 Å². The first-order valence-corrected chi connectivity index (χ1v) is 9.10. The second kappa shape index (κ2) is 6.09. The molecule has 1 fully saturated rings. The summed E-state index contributed by atoms with van der Waals surface area (Å²) in [5.41, 5.74) is 3.60. The lowest BCUT2D eigenvalue weighted by atomic mass is 9.82. The van der Waals surface area contributed by atoms with E-state index in [-0.39, 0.29) is 17.7 Å². The Labute approximate surface area is 157 Å². The van der Waals surface area contributed by atoms with E-state index in [1.807, 2.05) is 84.9 Å². The SMILES string of the molecule is O=C1[C@H]2CN(c3ccccc3)c3ccccc3[C@H]2C(=O)N1c1ccccc1. The number of hydrogen-bond donors (Lipinski definition) is 0. The van der Waals surface area contributed by atoms with Crippen LogP contribution in [0.15, 0.2) is 84.9 Å². The van der Waals surface area contributed by atoms with E-state index in [1.165, 1.54) is 4.90 Å². The highest BCUT2D eigenvalue weighted by atomic mass is 16.2. The zero-order valence-electron chi connectivity index (χ0n) is 14.7. The van der Waals surface area contributed by atoms with Crippen molar-refractivity contribution in [1.82, 2.24) is 0 Å². The van der Waals surface area contributed by atoms with E-state index in [4.69, 9.17) is 0 Å². The highest BCUT2D eigenvalue weighted by Gasteiger charge is 2.52. The molecule has 2 heterocycles. The summed E-state index contributed by atoms with van der Waals surface area (Å²) in [6, 6.07) is 27.1. The topological polar surface area (TPSA) is 40.6 Å². The van der Waals surface area contributed by atoms with Crippen molar-refractivity contribution in [3.63, 3.8) is 0 Å². The lowest BCUT2D eigenvalue weighted by molar-refractivity contribution is -0.122. The summed E-state index contributed by atoms with van der Waals surface area (Å²) in [6.45, 7) is 0.500. The number of hydrogen-bond acceptors (Lipinski definition) is 3. The molecule has 4 heteroatoms. The standard InChI is InChI=1S/C23H18N2O2/c26-22-19-15-24(16-9-3-1-4-10-16)20-14-8-7-13-18(20)21(19)23(27)25(22)17-11-5-2-6-12-17/h1-14,19,21H,15H2/t19-,21+/m0/s1. The van der Waals surface area contributed by atoms with Crippen LogP contribution < -0.4 is 9.80 Å². The number of rotatable bonds is 2. The maximum atomic E-state index is 13.2. The van der Waals surface area contributed by atoms with Crippen molar-refractivity contribution < 1.29 is 9.59 Å². The molecule has 2 aliphatic rings. The van der Waals surface area contributed by atoms with Crippen molar-refractivity contribution in [1.29, 1.82) is 0 Å². The van der Waals surface area contributed by atoms with E-state index >= 15 is 0 Å². The predicted octanol–water partition coefficient (Wildman–Crippen LogP) is 4.11. The van der Waals surface area contributed by atoms with Gasteiger partial charge in [0.1, 0.15) is 0 Å². The molecule has 0 radical (unpaired) electrons. The molecule has 0 bridgehead atoms. The molecule has 1 saturated heterocycles. The smallest absolute Gasteiger partial charge is 0.242 e. The van der Waals surface area contributed by atoms with E-state index in [2.05, 4.69) is 4.90 Å². The molecule has 0 saturated carbocycles. The first-order valence-electron chi connectivity index (χ1n) is 9.10. The lowest BCUT2D eigenvalue weighted by Gasteiger charge is -2.36. The third-order valence-electron chi connectivity index (χ3n) is 5.45. The van der Waals surface area contributed by atoms with Crippen LogP contribution in [0, 0.1) is 5.92 Å². The second-order valence-electron chi connectivity index (χ2n) is 6.94. The van der Waals surface area contributed by atoms with Crippen molar-refractivity contribution in [2.75, 3.05) is 16.3 Å². The molecule has 3 aromatic carbocycles. The number of fused-ring (bicyclic) bond motifs is 3. The quantitative estimate of drug-likeness (QED) is 0.650. The lowest BCUT2D eigenvalue weighted by Crippen LogP contribution is -2.37. The van der Waals surface area contributed by atoms with E-state index in [0.717, 1.165) is 16.9 Å². The second-order valence-corrected chi connectivity index (χ2v) is 6.94. The van der Waals surface area contributed by atoms with Gasteiger partial charge in [-0.15, -0.1) is 0 Å². The molecule has 2 atom stereocenters. The van der Waals surface area contributed by atoms with Crippen molar-refractivity contribution >= 4 is 28.9 Å². The Kier molecular flexibility index (Phi) is 3.57. The van der Waals surface area contributed by atoms with Gasteiger partial charge in [0.15, 0.2) is 0 Å². The van der Waals surface area contributed by atoms with Crippen molar-refractivity contribution in [3.8, 4) is 0 Å². The van der Waals surface area contributed by atoms with Gasteiger partial charge in [0.25, 0.3) is 0 Å². The molecule has 27 heavy (non-hydrogen) atoms. The van der Waals surface area contributed by atoms with Crippen LogP contribution in [0.25, 0.3) is 0 Å². The number of anilines is 3. The van der Waals surface area contributed by atoms with Crippen molar-refractivity contribution in [3.05, 3.63) is 90.5 Å². The van der Waals surface area contributed by atoms with Gasteiger partial charge in [-0.2, -0.15) is 0 Å². The number of amides is 2. The summed E-state index contributed by atoms with van der Waals surface area (Å²) in [7, 11) is 0. The van der Waals surface area contributed by atoms with Gasteiger partial charge in [0.2, 0.25) is 11.8 Å². The zero-order valence-corrected chi connectivity index (χ0v) is 14.7. The van der Waals surface area contributed by atoms with Crippen LogP contribution in [0.4, 0.5) is 17.1 Å². The number of para-hydroxylation sites is 3. The van der Waals surface area contributed by atoms with Crippen LogP contribution in [0.1, 0.15) is 11.5 Å². The first-order chi connectivity index (χ1) is 13.3. The van der Waals surface area contributed by atoms with E-state index < -0.39 is 5.92 Å². The molecule has 0 unspecified atom stereocenters. The third-order valence-corrected chi connectivity index (χ3v) is 5.45. The van der Waals surface area contributed by atoms with Crippen LogP contribution in [-0.2, 0) is 9.59 Å². The average Bonchev–Trinajstić information content (AvgIpc) is 2.99. The summed E-state index contributed by atoms with van der Waals surface area (Å²) >= 11 is 0. The van der Waals surface area contributed by atoms with Crippen LogP contribution in [0.2, 0.25) is 0 Å². The maximum Gasteiger partial charge on any atom is 0.242 e. The minimum Gasteiger partial charge on any atom is -0.340 e. The van der Waals surface area contributed by atoms with Crippen molar-refractivity contribution in [2.45, 2.75) is 5.92 Å². The summed E-state index contributed by atoms with van der Waals surface area (Å²) in [5, 5.41) is 0. The normalized spacial score (nSPS) is 21.2. The van der Waals surface area contributed by atoms with E-state index in [1.54, 1.807) is 0 Å². The number of benzene rings is 3. The van der Waals surface area contributed by atoms with Gasteiger partial charge in [0.05, 0.1) is 17.5 Å². The maximum absolute atomic E-state index is 13.2. The van der Waals surface area contributed by atoms with Crippen LogP contribution in [0.3, 0.4) is 0 Å². The Morgan fingerprint density at radius 3 is 1.96 bits per heavy atom. The summed E-state index contributed by atoms with van der Waals surface area (Å²) in [6.07, 6.45) is 0. The van der Waals surface area contributed by atoms with Gasteiger partial charge >= 0.3 is 0 Å². The predicted molar refractivity (Wildman–Crippen MR) is 105 cm³/mol. The molecule has 0 spiro atoms. The first kappa shape index (κ1) is 15.8. The minimum atomic E-state index is -0.422. The molecule has 132 valence electrons. The fourth-order valence-corrected chi connectivity index (χ4v) is 4.24. The number of imide groups is 1. The largest absolute Gasteiger partial charge is 0.340 e. The van der Waals surface area contributed by atoms with Gasteiger partial charge in [0, 0.05) is 17.9 Å². The molecular weight excluding hydrogens is 336 g/mol. The Bertz CT molecular complexity index is 1020. The molecule has 4 nitrogen and oxygen atoms in total. The van der Waals surface area contributed by atoms with Crippen LogP contribution >= 0.6 is 0 Å². The molecule has 0 aromatic heterocycles. The van der Waals surface area contributed by atoms with Gasteiger partial charge in [-0.05, 0) is 35.9 Å². The van der Waals surface area contributed by atoms with Gasteiger partial charge in [-0.25, -0.2) is 4.90 Å². The van der Waals surface area contributed by atoms with E-state index in [0.29, 0.717) is 12.2 Å². The Balaban J connectivity index is 1.63. The number of carbonyl (C=O) groups is 2. The van der Waals surface area contributed by atoms with Crippen LogP contribution in [-0.4, -0.2) is 18.4 Å². The summed E-state index contributed by atoms with van der Waals surface area (Å²) < 4.78 is 0. The number of nitrogens with zero attached hydrogens (tertiary/aromatic N) is 2. The fraction of sp³-hybridized carbons (Fsp3) is 0.130. The molecule has 3 aromatic rings. The number of carbonyl (C=O) groups excluding carboxylic acids is 2. The molecule has 2 amide bonds.